The van der Waals surface area contributed by atoms with E-state index in [1.165, 1.54) is 88.7 Å². The first kappa shape index (κ1) is 34.3. The van der Waals surface area contributed by atoms with Gasteiger partial charge >= 0.3 is 0 Å². The first-order valence-electron chi connectivity index (χ1n) is 20.8. The minimum atomic E-state index is -0.493. The van der Waals surface area contributed by atoms with Gasteiger partial charge in [-0.1, -0.05) is 200 Å². The third-order valence-electron chi connectivity index (χ3n) is 12.9. The van der Waals surface area contributed by atoms with Gasteiger partial charge in [0, 0.05) is 16.9 Å². The summed E-state index contributed by atoms with van der Waals surface area (Å²) in [6, 6.07) is 87.3. The number of hydrogen-bond acceptors (Lipinski definition) is 1. The molecule has 10 aromatic carbocycles. The summed E-state index contributed by atoms with van der Waals surface area (Å²) < 4.78 is 0. The fourth-order valence-corrected chi connectivity index (χ4v) is 10.3. The molecule has 0 saturated carbocycles. The quantitative estimate of drug-likeness (QED) is 0.163. The highest BCUT2D eigenvalue weighted by molar-refractivity contribution is 6.01. The Morgan fingerprint density at radius 1 is 0.267 bits per heavy atom. The van der Waals surface area contributed by atoms with E-state index in [1.54, 1.807) is 0 Å². The summed E-state index contributed by atoms with van der Waals surface area (Å²) in [6.07, 6.45) is 0. The molecule has 0 radical (unpaired) electrons. The van der Waals surface area contributed by atoms with Gasteiger partial charge in [-0.15, -0.1) is 0 Å². The Labute approximate surface area is 351 Å². The molecule has 0 aliphatic heterocycles. The van der Waals surface area contributed by atoms with Gasteiger partial charge in [0.15, 0.2) is 0 Å². The Morgan fingerprint density at radius 2 is 0.783 bits per heavy atom. The molecule has 0 saturated heterocycles. The van der Waals surface area contributed by atoms with Gasteiger partial charge in [-0.05, 0) is 119 Å². The third-order valence-corrected chi connectivity index (χ3v) is 12.9. The average molecular weight is 762 g/mol. The van der Waals surface area contributed by atoms with Gasteiger partial charge in [0.25, 0.3) is 0 Å². The summed E-state index contributed by atoms with van der Waals surface area (Å²) in [5.74, 6) is 0. The van der Waals surface area contributed by atoms with Crippen molar-refractivity contribution in [3.05, 3.63) is 259 Å². The smallest absolute Gasteiger partial charge is 0.0726 e. The molecule has 12 rings (SSSR count). The zero-order valence-electron chi connectivity index (χ0n) is 33.0. The van der Waals surface area contributed by atoms with Crippen molar-refractivity contribution in [2.24, 2.45) is 0 Å². The molecule has 0 unspecified atom stereocenters. The third kappa shape index (κ3) is 5.13. The molecule has 280 valence electrons. The first-order valence-corrected chi connectivity index (χ1v) is 20.8. The Morgan fingerprint density at radius 3 is 1.53 bits per heavy atom. The summed E-state index contributed by atoms with van der Waals surface area (Å²) in [5.41, 5.74) is 20.6. The lowest BCUT2D eigenvalue weighted by Gasteiger charge is -2.33. The Balaban J connectivity index is 1.12. The minimum Gasteiger partial charge on any atom is -0.310 e. The van der Waals surface area contributed by atoms with Crippen molar-refractivity contribution in [3.63, 3.8) is 0 Å². The maximum Gasteiger partial charge on any atom is 0.0726 e. The van der Waals surface area contributed by atoms with Crippen LogP contribution in [0.5, 0.6) is 0 Å². The van der Waals surface area contributed by atoms with Crippen LogP contribution >= 0.6 is 0 Å². The van der Waals surface area contributed by atoms with E-state index in [1.807, 2.05) is 0 Å². The number of para-hydroxylation sites is 1. The van der Waals surface area contributed by atoms with E-state index in [9.17, 15) is 0 Å². The molecule has 60 heavy (non-hydrogen) atoms. The van der Waals surface area contributed by atoms with E-state index in [-0.39, 0.29) is 0 Å². The zero-order valence-corrected chi connectivity index (χ0v) is 33.0. The van der Waals surface area contributed by atoms with Gasteiger partial charge in [-0.3, -0.25) is 0 Å². The second kappa shape index (κ2) is 13.7. The SMILES string of the molecule is c1ccc(-c2ccc(N(c3ccc4c(c3)C3(c5ccccc5-c5ccccc53)c3ccc(-c5cccc6ccccc56)cc3-4)c3ccccc3-c3ccccc3)cc2)cc1. The lowest BCUT2D eigenvalue weighted by Crippen LogP contribution is -2.26. The van der Waals surface area contributed by atoms with E-state index >= 15 is 0 Å². The van der Waals surface area contributed by atoms with Crippen LogP contribution in [-0.4, -0.2) is 0 Å². The van der Waals surface area contributed by atoms with Crippen LogP contribution in [0.25, 0.3) is 66.4 Å². The van der Waals surface area contributed by atoms with Crippen molar-refractivity contribution in [2.75, 3.05) is 4.90 Å². The monoisotopic (exact) mass is 761 g/mol. The number of anilines is 3. The number of benzene rings is 10. The number of nitrogens with zero attached hydrogens (tertiary/aromatic N) is 1. The number of fused-ring (bicyclic) bond motifs is 11. The lowest BCUT2D eigenvalue weighted by molar-refractivity contribution is 0.794. The largest absolute Gasteiger partial charge is 0.310 e. The molecular formula is C59H39N. The van der Waals surface area contributed by atoms with Crippen molar-refractivity contribution >= 4 is 27.8 Å². The van der Waals surface area contributed by atoms with E-state index in [0.717, 1.165) is 17.1 Å². The molecule has 10 aromatic rings. The van der Waals surface area contributed by atoms with Gasteiger partial charge in [-0.25, -0.2) is 0 Å². The molecule has 0 heterocycles. The van der Waals surface area contributed by atoms with Crippen LogP contribution in [0.4, 0.5) is 17.1 Å². The van der Waals surface area contributed by atoms with Gasteiger partial charge in [-0.2, -0.15) is 0 Å². The predicted octanol–water partition coefficient (Wildman–Crippen LogP) is 15.7. The lowest BCUT2D eigenvalue weighted by atomic mass is 9.70. The van der Waals surface area contributed by atoms with E-state index in [2.05, 4.69) is 241 Å². The fourth-order valence-electron chi connectivity index (χ4n) is 10.3. The van der Waals surface area contributed by atoms with Crippen LogP contribution in [0.1, 0.15) is 22.3 Å². The van der Waals surface area contributed by atoms with Gasteiger partial charge in [0.2, 0.25) is 0 Å². The predicted molar refractivity (Wildman–Crippen MR) is 251 cm³/mol. The Bertz CT molecular complexity index is 3200. The highest BCUT2D eigenvalue weighted by Gasteiger charge is 2.51. The van der Waals surface area contributed by atoms with E-state index < -0.39 is 5.41 Å². The second-order valence-corrected chi connectivity index (χ2v) is 16.0. The molecule has 2 aliphatic rings. The molecule has 0 bridgehead atoms. The topological polar surface area (TPSA) is 3.24 Å². The molecule has 0 N–H and O–H groups in total. The maximum atomic E-state index is 2.50. The van der Waals surface area contributed by atoms with Crippen molar-refractivity contribution in [1.29, 1.82) is 0 Å². The zero-order chi connectivity index (χ0) is 39.6. The van der Waals surface area contributed by atoms with Crippen molar-refractivity contribution in [2.45, 2.75) is 5.41 Å². The number of rotatable bonds is 6. The molecular weight excluding hydrogens is 723 g/mol. The van der Waals surface area contributed by atoms with Crippen LogP contribution in [0.15, 0.2) is 237 Å². The molecule has 0 amide bonds. The molecule has 1 heteroatoms. The highest BCUT2D eigenvalue weighted by Crippen LogP contribution is 2.64. The van der Waals surface area contributed by atoms with Crippen LogP contribution in [-0.2, 0) is 5.41 Å². The minimum absolute atomic E-state index is 0.493. The van der Waals surface area contributed by atoms with Crippen LogP contribution in [0, 0.1) is 0 Å². The van der Waals surface area contributed by atoms with Crippen molar-refractivity contribution < 1.29 is 0 Å². The highest BCUT2D eigenvalue weighted by atomic mass is 15.1. The van der Waals surface area contributed by atoms with Gasteiger partial charge in [0.05, 0.1) is 11.1 Å². The average Bonchev–Trinajstić information content (AvgIpc) is 3.79. The van der Waals surface area contributed by atoms with Gasteiger partial charge < -0.3 is 4.90 Å². The normalized spacial score (nSPS) is 12.8. The maximum absolute atomic E-state index is 2.50. The number of hydrogen-bond donors (Lipinski definition) is 0. The summed E-state index contributed by atoms with van der Waals surface area (Å²) in [6.45, 7) is 0. The summed E-state index contributed by atoms with van der Waals surface area (Å²) in [5, 5.41) is 2.52. The van der Waals surface area contributed by atoms with Gasteiger partial charge in [0.1, 0.15) is 0 Å². The van der Waals surface area contributed by atoms with Crippen LogP contribution in [0.3, 0.4) is 0 Å². The molecule has 1 spiro atoms. The van der Waals surface area contributed by atoms with E-state index in [0.29, 0.717) is 0 Å². The summed E-state index contributed by atoms with van der Waals surface area (Å²) in [4.78, 5) is 2.46. The molecule has 1 nitrogen and oxygen atoms in total. The summed E-state index contributed by atoms with van der Waals surface area (Å²) in [7, 11) is 0. The molecule has 0 atom stereocenters. The Hall–Kier alpha value is -7.74. The molecule has 0 fully saturated rings. The standard InChI is InChI=1S/C59H39N/c1-3-16-40(17-4-1)41-30-33-45(34-31-41)60(58-29-14-11-23-49(58)43-18-5-2-6-19-43)46-35-36-52-53-38-44(48-26-15-21-42-20-7-8-22-47(42)48)32-37-56(53)59(57(52)39-46)54-27-12-9-24-50(54)51-25-10-13-28-55(51)59/h1-39H. The second-order valence-electron chi connectivity index (χ2n) is 16.0. The van der Waals surface area contributed by atoms with Crippen molar-refractivity contribution in [3.8, 4) is 55.6 Å². The Kier molecular flexibility index (Phi) is 7.83. The fraction of sp³-hybridized carbons (Fsp3) is 0.0169. The molecule has 2 aliphatic carbocycles. The molecule has 0 aromatic heterocycles. The first-order chi connectivity index (χ1) is 29.8. The van der Waals surface area contributed by atoms with E-state index in [4.69, 9.17) is 0 Å². The van der Waals surface area contributed by atoms with Crippen LogP contribution < -0.4 is 4.90 Å². The van der Waals surface area contributed by atoms with Crippen LogP contribution in [0.2, 0.25) is 0 Å². The summed E-state index contributed by atoms with van der Waals surface area (Å²) >= 11 is 0. The van der Waals surface area contributed by atoms with Crippen molar-refractivity contribution in [1.82, 2.24) is 0 Å².